The van der Waals surface area contributed by atoms with Gasteiger partial charge in [0, 0.05) is 13.0 Å². The first-order valence-corrected chi connectivity index (χ1v) is 8.81. The molecule has 3 rings (SSSR count). The Morgan fingerprint density at radius 2 is 1.89 bits per heavy atom. The normalized spacial score (nSPS) is 11.7. The fourth-order valence-electron chi connectivity index (χ4n) is 2.79. The number of rotatable bonds is 8. The predicted molar refractivity (Wildman–Crippen MR) is 99.8 cm³/mol. The van der Waals surface area contributed by atoms with E-state index in [1.807, 2.05) is 37.3 Å². The summed E-state index contributed by atoms with van der Waals surface area (Å²) in [5.41, 5.74) is 1.48. The summed E-state index contributed by atoms with van der Waals surface area (Å²) >= 11 is 0. The van der Waals surface area contributed by atoms with Crippen molar-refractivity contribution < 1.29 is 18.4 Å². The molecule has 2 aromatic heterocycles. The SMILES string of the molecule is CC(NC(=O)CCN(Cc1ccco1)C(=O)c1ccoc1)c1ccccc1. The quantitative estimate of drug-likeness (QED) is 0.658. The minimum Gasteiger partial charge on any atom is -0.472 e. The molecule has 6 heteroatoms. The molecule has 27 heavy (non-hydrogen) atoms. The summed E-state index contributed by atoms with van der Waals surface area (Å²) < 4.78 is 10.3. The number of benzene rings is 1. The average Bonchev–Trinajstić information content (AvgIpc) is 3.39. The third kappa shape index (κ3) is 5.10. The standard InChI is InChI=1S/C21H22N2O4/c1-16(17-6-3-2-4-7-17)22-20(24)9-11-23(14-19-8-5-12-27-19)21(25)18-10-13-26-15-18/h2-8,10,12-13,15-16H,9,11,14H2,1H3,(H,22,24). The molecule has 0 saturated heterocycles. The molecule has 0 spiro atoms. The smallest absolute Gasteiger partial charge is 0.257 e. The number of carbonyl (C=O) groups excluding carboxylic acids is 2. The van der Waals surface area contributed by atoms with Crippen molar-refractivity contribution in [3.63, 3.8) is 0 Å². The molecule has 140 valence electrons. The molecular formula is C21H22N2O4. The Balaban J connectivity index is 1.60. The zero-order valence-electron chi connectivity index (χ0n) is 15.1. The highest BCUT2D eigenvalue weighted by atomic mass is 16.3. The van der Waals surface area contributed by atoms with Crippen molar-refractivity contribution in [3.8, 4) is 0 Å². The maximum atomic E-state index is 12.7. The van der Waals surface area contributed by atoms with E-state index in [-0.39, 0.29) is 30.8 Å². The monoisotopic (exact) mass is 366 g/mol. The number of nitrogens with one attached hydrogen (secondary N) is 1. The van der Waals surface area contributed by atoms with Gasteiger partial charge >= 0.3 is 0 Å². The van der Waals surface area contributed by atoms with Gasteiger partial charge in [-0.05, 0) is 30.7 Å². The van der Waals surface area contributed by atoms with Gasteiger partial charge in [0.25, 0.3) is 5.91 Å². The lowest BCUT2D eigenvalue weighted by Crippen LogP contribution is -2.35. The Bertz CT molecular complexity index is 842. The van der Waals surface area contributed by atoms with Crippen LogP contribution in [0.2, 0.25) is 0 Å². The van der Waals surface area contributed by atoms with Crippen LogP contribution >= 0.6 is 0 Å². The van der Waals surface area contributed by atoms with E-state index in [4.69, 9.17) is 8.83 Å². The first-order valence-electron chi connectivity index (χ1n) is 8.81. The van der Waals surface area contributed by atoms with Crippen LogP contribution in [0.3, 0.4) is 0 Å². The lowest BCUT2D eigenvalue weighted by atomic mass is 10.1. The van der Waals surface area contributed by atoms with Crippen LogP contribution in [0, 0.1) is 0 Å². The van der Waals surface area contributed by atoms with Gasteiger partial charge in [0.05, 0.1) is 30.7 Å². The zero-order valence-corrected chi connectivity index (χ0v) is 15.1. The fraction of sp³-hybridized carbons (Fsp3) is 0.238. The van der Waals surface area contributed by atoms with E-state index in [0.29, 0.717) is 17.9 Å². The Hall–Kier alpha value is -3.28. The largest absolute Gasteiger partial charge is 0.472 e. The van der Waals surface area contributed by atoms with Gasteiger partial charge in [-0.15, -0.1) is 0 Å². The molecule has 0 aliphatic carbocycles. The molecule has 0 fully saturated rings. The van der Waals surface area contributed by atoms with E-state index in [1.54, 1.807) is 29.4 Å². The second-order valence-corrected chi connectivity index (χ2v) is 6.27. The Morgan fingerprint density at radius 3 is 2.56 bits per heavy atom. The summed E-state index contributed by atoms with van der Waals surface area (Å²) in [5, 5.41) is 2.97. The number of hydrogen-bond donors (Lipinski definition) is 1. The maximum absolute atomic E-state index is 12.7. The molecule has 0 aliphatic rings. The Morgan fingerprint density at radius 1 is 1.07 bits per heavy atom. The van der Waals surface area contributed by atoms with Crippen LogP contribution in [0.25, 0.3) is 0 Å². The van der Waals surface area contributed by atoms with Crippen molar-refractivity contribution in [3.05, 3.63) is 84.2 Å². The van der Waals surface area contributed by atoms with Gasteiger partial charge in [-0.1, -0.05) is 30.3 Å². The van der Waals surface area contributed by atoms with Crippen LogP contribution in [-0.2, 0) is 11.3 Å². The van der Waals surface area contributed by atoms with E-state index >= 15 is 0 Å². The molecule has 0 bridgehead atoms. The molecule has 0 aliphatic heterocycles. The first-order chi connectivity index (χ1) is 13.1. The second kappa shape index (κ2) is 8.89. The summed E-state index contributed by atoms with van der Waals surface area (Å²) in [4.78, 5) is 26.6. The van der Waals surface area contributed by atoms with Gasteiger partial charge in [-0.2, -0.15) is 0 Å². The molecule has 3 aromatic rings. The fourth-order valence-corrected chi connectivity index (χ4v) is 2.79. The van der Waals surface area contributed by atoms with Crippen molar-refractivity contribution in [1.82, 2.24) is 10.2 Å². The molecule has 2 heterocycles. The number of amides is 2. The van der Waals surface area contributed by atoms with Crippen molar-refractivity contribution in [2.75, 3.05) is 6.54 Å². The summed E-state index contributed by atoms with van der Waals surface area (Å²) in [6.45, 7) is 2.50. The van der Waals surface area contributed by atoms with Crippen LogP contribution in [0.5, 0.6) is 0 Å². The molecule has 1 unspecified atom stereocenters. The summed E-state index contributed by atoms with van der Waals surface area (Å²) in [6.07, 6.45) is 4.60. The van der Waals surface area contributed by atoms with Gasteiger partial charge in [0.1, 0.15) is 12.0 Å². The van der Waals surface area contributed by atoms with Gasteiger partial charge in [-0.3, -0.25) is 9.59 Å². The van der Waals surface area contributed by atoms with Gasteiger partial charge in [0.15, 0.2) is 0 Å². The molecular weight excluding hydrogens is 344 g/mol. The van der Waals surface area contributed by atoms with Crippen molar-refractivity contribution in [2.24, 2.45) is 0 Å². The third-order valence-corrected chi connectivity index (χ3v) is 4.27. The highest BCUT2D eigenvalue weighted by Gasteiger charge is 2.20. The van der Waals surface area contributed by atoms with E-state index in [2.05, 4.69) is 5.32 Å². The third-order valence-electron chi connectivity index (χ3n) is 4.27. The molecule has 0 saturated carbocycles. The van der Waals surface area contributed by atoms with Crippen LogP contribution in [0.1, 0.15) is 41.1 Å². The minimum atomic E-state index is -0.205. The van der Waals surface area contributed by atoms with Gasteiger partial charge in [0.2, 0.25) is 5.91 Å². The van der Waals surface area contributed by atoms with E-state index < -0.39 is 0 Å². The van der Waals surface area contributed by atoms with E-state index in [0.717, 1.165) is 5.56 Å². The molecule has 1 atom stereocenters. The highest BCUT2D eigenvalue weighted by Crippen LogP contribution is 2.14. The van der Waals surface area contributed by atoms with Crippen molar-refractivity contribution in [1.29, 1.82) is 0 Å². The van der Waals surface area contributed by atoms with Gasteiger partial charge in [-0.25, -0.2) is 0 Å². The number of furan rings is 2. The molecule has 1 aromatic carbocycles. The number of hydrogen-bond acceptors (Lipinski definition) is 4. The van der Waals surface area contributed by atoms with E-state index in [9.17, 15) is 9.59 Å². The second-order valence-electron chi connectivity index (χ2n) is 6.27. The molecule has 0 radical (unpaired) electrons. The minimum absolute atomic E-state index is 0.0956. The molecule has 1 N–H and O–H groups in total. The molecule has 6 nitrogen and oxygen atoms in total. The summed E-state index contributed by atoms with van der Waals surface area (Å²) in [6, 6.07) is 14.8. The van der Waals surface area contributed by atoms with Crippen molar-refractivity contribution in [2.45, 2.75) is 25.9 Å². The summed E-state index contributed by atoms with van der Waals surface area (Å²) in [7, 11) is 0. The lowest BCUT2D eigenvalue weighted by molar-refractivity contribution is -0.122. The summed E-state index contributed by atoms with van der Waals surface area (Å²) in [5.74, 6) is 0.338. The Labute approximate surface area is 157 Å². The lowest BCUT2D eigenvalue weighted by Gasteiger charge is -2.21. The number of nitrogens with zero attached hydrogens (tertiary/aromatic N) is 1. The number of carbonyl (C=O) groups is 2. The Kier molecular flexibility index (Phi) is 6.10. The van der Waals surface area contributed by atoms with Crippen LogP contribution < -0.4 is 5.32 Å². The zero-order chi connectivity index (χ0) is 19.1. The average molecular weight is 366 g/mol. The first kappa shape index (κ1) is 18.5. The topological polar surface area (TPSA) is 75.7 Å². The van der Waals surface area contributed by atoms with Crippen LogP contribution in [-0.4, -0.2) is 23.3 Å². The van der Waals surface area contributed by atoms with Crippen molar-refractivity contribution >= 4 is 11.8 Å². The van der Waals surface area contributed by atoms with Crippen LogP contribution in [0.15, 0.2) is 76.2 Å². The van der Waals surface area contributed by atoms with Crippen LogP contribution in [0.4, 0.5) is 0 Å². The highest BCUT2D eigenvalue weighted by molar-refractivity contribution is 5.94. The van der Waals surface area contributed by atoms with Gasteiger partial charge < -0.3 is 19.1 Å². The maximum Gasteiger partial charge on any atom is 0.257 e. The predicted octanol–water partition coefficient (Wildman–Crippen LogP) is 3.78. The molecule has 2 amide bonds. The van der Waals surface area contributed by atoms with E-state index in [1.165, 1.54) is 12.5 Å².